The molecule has 0 radical (unpaired) electrons. The van der Waals surface area contributed by atoms with Gasteiger partial charge >= 0.3 is 0 Å². The first-order valence-corrected chi connectivity index (χ1v) is 11.4. The van der Waals surface area contributed by atoms with E-state index in [-0.39, 0.29) is 17.0 Å². The van der Waals surface area contributed by atoms with Crippen LogP contribution in [0.3, 0.4) is 0 Å². The molecule has 3 aromatic rings. The van der Waals surface area contributed by atoms with Crippen LogP contribution in [0.4, 0.5) is 0 Å². The Morgan fingerprint density at radius 3 is 2.10 bits per heavy atom. The van der Waals surface area contributed by atoms with Crippen LogP contribution in [0.15, 0.2) is 77.7 Å². The van der Waals surface area contributed by atoms with Crippen LogP contribution in [0, 0.1) is 6.92 Å². The van der Waals surface area contributed by atoms with Crippen molar-refractivity contribution in [2.24, 2.45) is 0 Å². The fourth-order valence-corrected chi connectivity index (χ4v) is 4.29. The quantitative estimate of drug-likeness (QED) is 0.499. The molecule has 0 aliphatic carbocycles. The molecule has 1 N–H and O–H groups in total. The van der Waals surface area contributed by atoms with Crippen LogP contribution < -0.4 is 5.32 Å². The van der Waals surface area contributed by atoms with E-state index in [9.17, 15) is 8.42 Å². The van der Waals surface area contributed by atoms with Crippen LogP contribution in [0.5, 0.6) is 0 Å². The summed E-state index contributed by atoms with van der Waals surface area (Å²) >= 11 is 0. The minimum atomic E-state index is -3.87. The highest BCUT2D eigenvalue weighted by atomic mass is 32.2. The van der Waals surface area contributed by atoms with Crippen molar-refractivity contribution in [1.29, 1.82) is 0 Å². The molecule has 3 rings (SSSR count). The Balaban J connectivity index is 1.71. The summed E-state index contributed by atoms with van der Waals surface area (Å²) < 4.78 is 30.6. The lowest BCUT2D eigenvalue weighted by molar-refractivity contribution is 0.228. The van der Waals surface area contributed by atoms with Gasteiger partial charge in [-0.05, 0) is 57.5 Å². The fraction of sp³-hybridized carbons (Fsp3) is 0.292. The number of aromatic nitrogens is 1. The summed E-state index contributed by atoms with van der Waals surface area (Å²) in [6.07, 6.45) is -0.699. The largest absolute Gasteiger partial charge is 0.302 e. The van der Waals surface area contributed by atoms with Gasteiger partial charge < -0.3 is 5.32 Å². The van der Waals surface area contributed by atoms with Crippen LogP contribution >= 0.6 is 0 Å². The zero-order chi connectivity index (χ0) is 21.7. The van der Waals surface area contributed by atoms with Gasteiger partial charge in [0, 0.05) is 12.1 Å². The first-order chi connectivity index (χ1) is 14.3. The smallest absolute Gasteiger partial charge is 0.297 e. The number of nitrogens with zero attached hydrogens (tertiary/aromatic N) is 1. The third-order valence-corrected chi connectivity index (χ3v) is 6.42. The average molecular weight is 425 g/mol. The molecular weight excluding hydrogens is 396 g/mol. The van der Waals surface area contributed by atoms with Gasteiger partial charge in [-0.1, -0.05) is 54.1 Å². The SMILES string of the molecule is Cc1ccc(S(=O)(=O)O[C@@H](C)c2cccc([C@@H](C)N[C@H](C)c3ccccc3)n2)cc1. The molecule has 0 fully saturated rings. The molecule has 2 aromatic carbocycles. The molecule has 0 saturated heterocycles. The highest BCUT2D eigenvalue weighted by Crippen LogP contribution is 2.24. The van der Waals surface area contributed by atoms with Crippen molar-refractivity contribution >= 4 is 10.1 Å². The Morgan fingerprint density at radius 1 is 0.800 bits per heavy atom. The molecule has 0 saturated carbocycles. The van der Waals surface area contributed by atoms with Gasteiger partial charge in [-0.3, -0.25) is 9.17 Å². The Labute approximate surface area is 179 Å². The maximum atomic E-state index is 12.6. The van der Waals surface area contributed by atoms with E-state index in [1.807, 2.05) is 44.2 Å². The summed E-state index contributed by atoms with van der Waals surface area (Å²) in [7, 11) is -3.87. The Kier molecular flexibility index (Phi) is 7.02. The lowest BCUT2D eigenvalue weighted by Crippen LogP contribution is -2.23. The van der Waals surface area contributed by atoms with Crippen LogP contribution in [-0.4, -0.2) is 13.4 Å². The van der Waals surface area contributed by atoms with Crippen molar-refractivity contribution in [2.75, 3.05) is 0 Å². The van der Waals surface area contributed by atoms with E-state index in [4.69, 9.17) is 4.18 Å². The van der Waals surface area contributed by atoms with Crippen molar-refractivity contribution < 1.29 is 12.6 Å². The highest BCUT2D eigenvalue weighted by Gasteiger charge is 2.22. The second-order valence-electron chi connectivity index (χ2n) is 7.51. The molecule has 0 aliphatic heterocycles. The van der Waals surface area contributed by atoms with Gasteiger partial charge in [0.15, 0.2) is 0 Å². The second-order valence-corrected chi connectivity index (χ2v) is 9.09. The van der Waals surface area contributed by atoms with Gasteiger partial charge in [0.2, 0.25) is 0 Å². The van der Waals surface area contributed by atoms with Gasteiger partial charge in [0.05, 0.1) is 16.3 Å². The second kappa shape index (κ2) is 9.51. The van der Waals surface area contributed by atoms with Gasteiger partial charge in [0.25, 0.3) is 10.1 Å². The number of hydrogen-bond donors (Lipinski definition) is 1. The third kappa shape index (κ3) is 5.53. The topological polar surface area (TPSA) is 68.3 Å². The maximum Gasteiger partial charge on any atom is 0.297 e. The molecule has 0 spiro atoms. The van der Waals surface area contributed by atoms with Gasteiger partial charge in [-0.25, -0.2) is 0 Å². The summed E-state index contributed by atoms with van der Waals surface area (Å²) in [6.45, 7) is 7.75. The maximum absolute atomic E-state index is 12.6. The standard InChI is InChI=1S/C24H28N2O3S/c1-17-13-15-22(16-14-17)30(27,28)29-20(4)24-12-8-11-23(26-24)19(3)25-18(2)21-9-6-5-7-10-21/h5-16,18-20,25H,1-4H3/t18-,19-,20+/m1/s1. The lowest BCUT2D eigenvalue weighted by Gasteiger charge is -2.21. The van der Waals surface area contributed by atoms with Crippen molar-refractivity contribution in [1.82, 2.24) is 10.3 Å². The molecule has 1 aromatic heterocycles. The first kappa shape index (κ1) is 22.2. The van der Waals surface area contributed by atoms with E-state index in [0.717, 1.165) is 11.3 Å². The van der Waals surface area contributed by atoms with E-state index in [1.165, 1.54) is 5.56 Å². The number of rotatable bonds is 8. The fourth-order valence-electron chi connectivity index (χ4n) is 3.23. The molecule has 5 nitrogen and oxygen atoms in total. The molecule has 158 valence electrons. The Bertz CT molecular complexity index is 1070. The highest BCUT2D eigenvalue weighted by molar-refractivity contribution is 7.86. The van der Waals surface area contributed by atoms with Gasteiger partial charge in [-0.15, -0.1) is 0 Å². The van der Waals surface area contributed by atoms with Gasteiger partial charge in [0.1, 0.15) is 6.10 Å². The zero-order valence-corrected chi connectivity index (χ0v) is 18.6. The predicted molar refractivity (Wildman–Crippen MR) is 119 cm³/mol. The average Bonchev–Trinajstić information content (AvgIpc) is 2.74. The van der Waals surface area contributed by atoms with Crippen LogP contribution in [0.25, 0.3) is 0 Å². The van der Waals surface area contributed by atoms with E-state index in [1.54, 1.807) is 37.3 Å². The van der Waals surface area contributed by atoms with Crippen LogP contribution in [-0.2, 0) is 14.3 Å². The predicted octanol–water partition coefficient (Wildman–Crippen LogP) is 5.27. The monoisotopic (exact) mass is 424 g/mol. The Morgan fingerprint density at radius 2 is 1.43 bits per heavy atom. The molecule has 0 unspecified atom stereocenters. The van der Waals surface area contributed by atoms with E-state index < -0.39 is 16.2 Å². The lowest BCUT2D eigenvalue weighted by atomic mass is 10.1. The number of pyridine rings is 1. The third-order valence-electron chi connectivity index (χ3n) is 5.03. The molecule has 3 atom stereocenters. The van der Waals surface area contributed by atoms with Crippen molar-refractivity contribution in [3.63, 3.8) is 0 Å². The minimum Gasteiger partial charge on any atom is -0.302 e. The van der Waals surface area contributed by atoms with E-state index in [2.05, 4.69) is 29.4 Å². The van der Waals surface area contributed by atoms with Crippen molar-refractivity contribution in [2.45, 2.75) is 50.8 Å². The van der Waals surface area contributed by atoms with Crippen LogP contribution in [0.2, 0.25) is 0 Å². The zero-order valence-electron chi connectivity index (χ0n) is 17.7. The normalized spacial score (nSPS) is 14.8. The summed E-state index contributed by atoms with van der Waals surface area (Å²) in [4.78, 5) is 4.80. The van der Waals surface area contributed by atoms with E-state index in [0.29, 0.717) is 5.69 Å². The summed E-state index contributed by atoms with van der Waals surface area (Å²) in [5.74, 6) is 0. The molecule has 0 amide bonds. The number of nitrogens with one attached hydrogen (secondary N) is 1. The Hall–Kier alpha value is -2.54. The molecule has 6 heteroatoms. The van der Waals surface area contributed by atoms with Crippen molar-refractivity contribution in [3.05, 3.63) is 95.3 Å². The number of hydrogen-bond acceptors (Lipinski definition) is 5. The molecule has 30 heavy (non-hydrogen) atoms. The number of benzene rings is 2. The van der Waals surface area contributed by atoms with Crippen LogP contribution in [0.1, 0.15) is 61.5 Å². The summed E-state index contributed by atoms with van der Waals surface area (Å²) in [6, 6.07) is 22.5. The summed E-state index contributed by atoms with van der Waals surface area (Å²) in [5.41, 5.74) is 3.59. The first-order valence-electron chi connectivity index (χ1n) is 10.0. The number of aryl methyl sites for hydroxylation is 1. The van der Waals surface area contributed by atoms with Crippen molar-refractivity contribution in [3.8, 4) is 0 Å². The molecule has 1 heterocycles. The summed E-state index contributed by atoms with van der Waals surface area (Å²) in [5, 5.41) is 3.54. The van der Waals surface area contributed by atoms with Gasteiger partial charge in [-0.2, -0.15) is 8.42 Å². The molecular formula is C24H28N2O3S. The molecule has 0 bridgehead atoms. The van der Waals surface area contributed by atoms with E-state index >= 15 is 0 Å². The molecule has 0 aliphatic rings. The minimum absolute atomic E-state index is 0.0129.